The number of phenols is 1. The lowest BCUT2D eigenvalue weighted by atomic mass is 9.56. The van der Waals surface area contributed by atoms with Crippen LogP contribution in [0.1, 0.15) is 27.9 Å². The SMILES string of the molecule is CNC(=O)C1C(=O)[C@@]2(O)C(O)=C3C(=O)c4c(O)ccc(C)c4C[C@H]3C[C@H]2[C@H](N(C)C)C1O. The number of aliphatic hydroxyl groups is 3. The minimum absolute atomic E-state index is 0.0557. The molecule has 5 N–H and O–H groups in total. The maximum absolute atomic E-state index is 13.4. The van der Waals surface area contributed by atoms with Crippen molar-refractivity contribution in [1.82, 2.24) is 10.2 Å². The molecule has 0 aromatic heterocycles. The molecule has 9 heteroatoms. The molecule has 2 unspecified atom stereocenters. The summed E-state index contributed by atoms with van der Waals surface area (Å²) in [7, 11) is 4.63. The molecular weight excluding hydrogens is 416 g/mol. The van der Waals surface area contributed by atoms with Crippen molar-refractivity contribution in [2.45, 2.75) is 37.5 Å². The quantitative estimate of drug-likeness (QED) is 0.396. The van der Waals surface area contributed by atoms with Gasteiger partial charge in [-0.05, 0) is 57.0 Å². The first-order valence-electron chi connectivity index (χ1n) is 10.6. The first-order chi connectivity index (χ1) is 15.0. The van der Waals surface area contributed by atoms with Crippen molar-refractivity contribution in [2.24, 2.45) is 17.8 Å². The van der Waals surface area contributed by atoms with Gasteiger partial charge in [-0.1, -0.05) is 6.07 Å². The number of aryl methyl sites for hydroxylation is 1. The lowest BCUT2D eigenvalue weighted by Crippen LogP contribution is -2.71. The highest BCUT2D eigenvalue weighted by atomic mass is 16.3. The second-order valence-corrected chi connectivity index (χ2v) is 9.26. The van der Waals surface area contributed by atoms with E-state index in [1.807, 2.05) is 6.92 Å². The maximum Gasteiger partial charge on any atom is 0.233 e. The van der Waals surface area contributed by atoms with Crippen LogP contribution in [0, 0.1) is 24.7 Å². The van der Waals surface area contributed by atoms with Crippen LogP contribution >= 0.6 is 0 Å². The third-order valence-corrected chi connectivity index (χ3v) is 7.43. The number of hydrogen-bond donors (Lipinski definition) is 5. The number of Topliss-reactive ketones (excluding diaryl/α,β-unsaturated/α-hetero) is 2. The van der Waals surface area contributed by atoms with Crippen LogP contribution in [0.2, 0.25) is 0 Å². The molecule has 3 aliphatic rings. The summed E-state index contributed by atoms with van der Waals surface area (Å²) >= 11 is 0. The average molecular weight is 444 g/mol. The largest absolute Gasteiger partial charge is 0.508 e. The number of rotatable bonds is 2. The smallest absolute Gasteiger partial charge is 0.233 e. The van der Waals surface area contributed by atoms with E-state index in [1.54, 1.807) is 25.1 Å². The van der Waals surface area contributed by atoms with Gasteiger partial charge in [-0.3, -0.25) is 14.4 Å². The summed E-state index contributed by atoms with van der Waals surface area (Å²) in [6.07, 6.45) is -0.937. The first-order valence-corrected chi connectivity index (χ1v) is 10.6. The van der Waals surface area contributed by atoms with Crippen LogP contribution in [-0.2, 0) is 16.0 Å². The summed E-state index contributed by atoms with van der Waals surface area (Å²) in [4.78, 5) is 40.8. The number of nitrogens with zero attached hydrogens (tertiary/aromatic N) is 1. The number of benzene rings is 1. The van der Waals surface area contributed by atoms with Crippen molar-refractivity contribution in [1.29, 1.82) is 0 Å². The zero-order chi connectivity index (χ0) is 23.7. The number of carbonyl (C=O) groups excluding carboxylic acids is 3. The number of phenolic OH excluding ortho intramolecular Hbond substituents is 1. The Labute approximate surface area is 185 Å². The van der Waals surface area contributed by atoms with Gasteiger partial charge in [0, 0.05) is 24.6 Å². The highest BCUT2D eigenvalue weighted by Crippen LogP contribution is 2.52. The molecule has 6 atom stereocenters. The molecule has 3 aliphatic carbocycles. The van der Waals surface area contributed by atoms with Gasteiger partial charge in [-0.25, -0.2) is 0 Å². The fourth-order valence-corrected chi connectivity index (χ4v) is 5.89. The van der Waals surface area contributed by atoms with Crippen LogP contribution in [0.15, 0.2) is 23.5 Å². The van der Waals surface area contributed by atoms with Gasteiger partial charge in [-0.2, -0.15) is 0 Å². The molecule has 1 saturated carbocycles. The minimum Gasteiger partial charge on any atom is -0.508 e. The third-order valence-electron chi connectivity index (χ3n) is 7.43. The van der Waals surface area contributed by atoms with E-state index >= 15 is 0 Å². The van der Waals surface area contributed by atoms with Crippen LogP contribution in [0.25, 0.3) is 0 Å². The second-order valence-electron chi connectivity index (χ2n) is 9.26. The van der Waals surface area contributed by atoms with E-state index in [0.29, 0.717) is 12.0 Å². The first kappa shape index (κ1) is 22.4. The standard InChI is InChI=1S/C23H28N2O7/c1-9-5-6-13(26)15-11(9)7-10-8-12-17(25(3)4)19(28)16(22(31)24-2)21(30)23(12,32)20(29)14(10)18(15)27/h5-6,10,12,16-17,19,26,28-29,32H,7-8H2,1-4H3,(H,24,31)/t10-,12-,16?,17-,19?,23-/m0/s1. The Balaban J connectivity index is 1.94. The van der Waals surface area contributed by atoms with Crippen molar-refractivity contribution < 1.29 is 34.8 Å². The number of likely N-dealkylation sites (N-methyl/N-ethyl adjacent to an activating group) is 1. The molecule has 172 valence electrons. The van der Waals surface area contributed by atoms with Crippen molar-refractivity contribution in [2.75, 3.05) is 21.1 Å². The zero-order valence-electron chi connectivity index (χ0n) is 18.4. The molecule has 1 fully saturated rings. The Hall–Kier alpha value is -2.75. The summed E-state index contributed by atoms with van der Waals surface area (Å²) in [5.41, 5.74) is -1.09. The molecule has 0 radical (unpaired) electrons. The van der Waals surface area contributed by atoms with E-state index in [2.05, 4.69) is 5.32 Å². The molecule has 1 aromatic rings. The zero-order valence-corrected chi connectivity index (χ0v) is 18.4. The van der Waals surface area contributed by atoms with Crippen LogP contribution in [0.5, 0.6) is 5.75 Å². The normalized spacial score (nSPS) is 34.2. The topological polar surface area (TPSA) is 147 Å². The summed E-state index contributed by atoms with van der Waals surface area (Å²) in [5, 5.41) is 46.5. The van der Waals surface area contributed by atoms with Crippen LogP contribution < -0.4 is 5.32 Å². The number of fused-ring (bicyclic) bond motifs is 3. The second kappa shape index (κ2) is 7.40. The van der Waals surface area contributed by atoms with E-state index in [1.165, 1.54) is 13.1 Å². The molecule has 0 saturated heterocycles. The van der Waals surface area contributed by atoms with Crippen LogP contribution in [0.4, 0.5) is 0 Å². The Kier molecular flexibility index (Phi) is 5.19. The number of allylic oxidation sites excluding steroid dienone is 1. The molecule has 32 heavy (non-hydrogen) atoms. The Morgan fingerprint density at radius 1 is 1.22 bits per heavy atom. The molecule has 0 spiro atoms. The summed E-state index contributed by atoms with van der Waals surface area (Å²) < 4.78 is 0. The van der Waals surface area contributed by atoms with E-state index in [4.69, 9.17) is 0 Å². The molecule has 0 bridgehead atoms. The number of nitrogens with one attached hydrogen (secondary N) is 1. The predicted octanol–water partition coefficient (Wildman–Crippen LogP) is -0.145. The minimum atomic E-state index is -2.51. The maximum atomic E-state index is 13.4. The van der Waals surface area contributed by atoms with E-state index in [-0.39, 0.29) is 23.3 Å². The molecule has 4 rings (SSSR count). The van der Waals surface area contributed by atoms with Gasteiger partial charge in [0.2, 0.25) is 5.91 Å². The molecular formula is C23H28N2O7. The highest BCUT2D eigenvalue weighted by molar-refractivity contribution is 6.15. The van der Waals surface area contributed by atoms with Crippen LogP contribution in [0.3, 0.4) is 0 Å². The number of aromatic hydroxyl groups is 1. The van der Waals surface area contributed by atoms with Gasteiger partial charge < -0.3 is 30.6 Å². The third kappa shape index (κ3) is 2.78. The van der Waals surface area contributed by atoms with Crippen molar-refractivity contribution >= 4 is 17.5 Å². The molecule has 0 aliphatic heterocycles. The van der Waals surface area contributed by atoms with Crippen LogP contribution in [-0.4, -0.2) is 81.7 Å². The lowest BCUT2D eigenvalue weighted by molar-refractivity contribution is -0.179. The van der Waals surface area contributed by atoms with Gasteiger partial charge in [0.05, 0.1) is 11.7 Å². The number of aliphatic hydroxyl groups excluding tert-OH is 2. The fraction of sp³-hybridized carbons (Fsp3) is 0.522. The van der Waals surface area contributed by atoms with E-state index in [0.717, 1.165) is 5.56 Å². The fourth-order valence-electron chi connectivity index (χ4n) is 5.89. The van der Waals surface area contributed by atoms with E-state index < -0.39 is 58.7 Å². The monoisotopic (exact) mass is 444 g/mol. The van der Waals surface area contributed by atoms with Gasteiger partial charge in [0.15, 0.2) is 17.2 Å². The Morgan fingerprint density at radius 2 is 1.88 bits per heavy atom. The lowest BCUT2D eigenvalue weighted by Gasteiger charge is -2.53. The Morgan fingerprint density at radius 3 is 2.47 bits per heavy atom. The molecule has 1 aromatic carbocycles. The van der Waals surface area contributed by atoms with Crippen molar-refractivity contribution in [3.05, 3.63) is 40.2 Å². The number of carbonyl (C=O) groups is 3. The summed E-state index contributed by atoms with van der Waals surface area (Å²) in [6.45, 7) is 1.82. The predicted molar refractivity (Wildman–Crippen MR) is 113 cm³/mol. The number of amides is 1. The van der Waals surface area contributed by atoms with E-state index in [9.17, 15) is 34.8 Å². The number of hydrogen-bond acceptors (Lipinski definition) is 8. The molecule has 0 heterocycles. The Bertz CT molecular complexity index is 1060. The van der Waals surface area contributed by atoms with Crippen molar-refractivity contribution in [3.8, 4) is 5.75 Å². The van der Waals surface area contributed by atoms with Gasteiger partial charge in [0.1, 0.15) is 17.4 Å². The molecule has 9 nitrogen and oxygen atoms in total. The summed E-state index contributed by atoms with van der Waals surface area (Å²) in [5.74, 6) is -6.55. The van der Waals surface area contributed by atoms with Gasteiger partial charge in [-0.15, -0.1) is 0 Å². The average Bonchev–Trinajstić information content (AvgIpc) is 2.73. The van der Waals surface area contributed by atoms with Gasteiger partial charge in [0.25, 0.3) is 0 Å². The summed E-state index contributed by atoms with van der Waals surface area (Å²) in [6, 6.07) is 2.28. The van der Waals surface area contributed by atoms with Crippen molar-refractivity contribution in [3.63, 3.8) is 0 Å². The highest BCUT2D eigenvalue weighted by Gasteiger charge is 2.66. The molecule has 1 amide bonds. The van der Waals surface area contributed by atoms with Gasteiger partial charge >= 0.3 is 0 Å². The number of ketones is 2.